The smallest absolute Gasteiger partial charge is 0.141 e. The molecular weight excluding hydrogens is 277 g/mol. The normalized spacial score (nSPS) is 18.3. The maximum atomic E-state index is 13.6. The summed E-state index contributed by atoms with van der Waals surface area (Å²) < 4.78 is 13.6. The van der Waals surface area contributed by atoms with Crippen molar-refractivity contribution in [3.05, 3.63) is 47.4 Å². The van der Waals surface area contributed by atoms with Crippen molar-refractivity contribution in [3.8, 4) is 0 Å². The van der Waals surface area contributed by atoms with Gasteiger partial charge in [-0.1, -0.05) is 38.6 Å². The highest BCUT2D eigenvalue weighted by atomic mass is 35.5. The number of amidine groups is 2. The van der Waals surface area contributed by atoms with E-state index in [1.54, 1.807) is 13.2 Å². The molecule has 0 saturated heterocycles. The molecule has 0 aliphatic carbocycles. The molecule has 0 spiro atoms. The van der Waals surface area contributed by atoms with E-state index < -0.39 is 5.83 Å². The average molecular weight is 296 g/mol. The molecule has 1 aliphatic rings. The van der Waals surface area contributed by atoms with Crippen molar-refractivity contribution in [1.29, 1.82) is 0 Å². The van der Waals surface area contributed by atoms with E-state index in [1.165, 1.54) is 6.08 Å². The van der Waals surface area contributed by atoms with E-state index in [2.05, 4.69) is 42.3 Å². The maximum Gasteiger partial charge on any atom is 0.141 e. The third kappa shape index (κ3) is 4.46. The predicted octanol–water partition coefficient (Wildman–Crippen LogP) is 4.11. The minimum Gasteiger partial charge on any atom is -0.328 e. The second kappa shape index (κ2) is 7.20. The summed E-state index contributed by atoms with van der Waals surface area (Å²) in [6.07, 6.45) is 3.77. The zero-order chi connectivity index (χ0) is 15.3. The first-order valence-corrected chi connectivity index (χ1v) is 6.63. The van der Waals surface area contributed by atoms with Crippen LogP contribution in [0.4, 0.5) is 4.39 Å². The SMILES string of the molecule is C=C(Cl)/C=C(\C(=C)F)C1=NC=C(C(C)C)CC(=NC)N1. The van der Waals surface area contributed by atoms with Crippen molar-refractivity contribution < 1.29 is 4.39 Å². The highest BCUT2D eigenvalue weighted by Gasteiger charge is 2.17. The molecule has 20 heavy (non-hydrogen) atoms. The van der Waals surface area contributed by atoms with Gasteiger partial charge in [-0.15, -0.1) is 0 Å². The summed E-state index contributed by atoms with van der Waals surface area (Å²) in [6, 6.07) is 0. The van der Waals surface area contributed by atoms with Gasteiger partial charge in [0.05, 0.1) is 5.57 Å². The molecule has 5 heteroatoms. The van der Waals surface area contributed by atoms with Crippen molar-refractivity contribution in [3.63, 3.8) is 0 Å². The highest BCUT2D eigenvalue weighted by molar-refractivity contribution is 6.31. The summed E-state index contributed by atoms with van der Waals surface area (Å²) in [6.45, 7) is 11.0. The number of allylic oxidation sites excluding steroid dienone is 2. The predicted molar refractivity (Wildman–Crippen MR) is 84.8 cm³/mol. The summed E-state index contributed by atoms with van der Waals surface area (Å²) in [4.78, 5) is 8.45. The minimum absolute atomic E-state index is 0.174. The fraction of sp³-hybridized carbons (Fsp3) is 0.333. The summed E-state index contributed by atoms with van der Waals surface area (Å²) in [5, 5.41) is 3.22. The molecule has 0 saturated carbocycles. The standard InChI is InChI=1S/C15H19ClFN3/c1-9(2)12-7-14(18-5)20-15(19-8-12)13(11(4)17)6-10(3)16/h6,8-9H,3-4,7H2,1-2,5H3,(H,18,19,20)/b13-6+. The van der Waals surface area contributed by atoms with E-state index in [-0.39, 0.29) is 10.6 Å². The van der Waals surface area contributed by atoms with Gasteiger partial charge < -0.3 is 5.32 Å². The maximum absolute atomic E-state index is 13.6. The Hall–Kier alpha value is -1.68. The van der Waals surface area contributed by atoms with Gasteiger partial charge in [-0.3, -0.25) is 4.99 Å². The van der Waals surface area contributed by atoms with Gasteiger partial charge in [-0.25, -0.2) is 9.38 Å². The van der Waals surface area contributed by atoms with E-state index in [0.29, 0.717) is 24.0 Å². The van der Waals surface area contributed by atoms with Crippen LogP contribution in [0, 0.1) is 5.92 Å². The van der Waals surface area contributed by atoms with Crippen LogP contribution in [-0.4, -0.2) is 18.7 Å². The molecule has 1 aliphatic heterocycles. The van der Waals surface area contributed by atoms with E-state index in [9.17, 15) is 4.39 Å². The molecule has 0 aromatic rings. The first-order valence-electron chi connectivity index (χ1n) is 6.25. The largest absolute Gasteiger partial charge is 0.328 e. The van der Waals surface area contributed by atoms with Gasteiger partial charge in [-0.05, 0) is 17.6 Å². The first kappa shape index (κ1) is 16.4. The molecule has 0 radical (unpaired) electrons. The fourth-order valence-electron chi connectivity index (χ4n) is 1.66. The molecule has 1 rings (SSSR count). The Morgan fingerprint density at radius 2 is 2.20 bits per heavy atom. The van der Waals surface area contributed by atoms with Crippen LogP contribution >= 0.6 is 11.6 Å². The molecule has 0 atom stereocenters. The lowest BCUT2D eigenvalue weighted by Crippen LogP contribution is -2.31. The van der Waals surface area contributed by atoms with Gasteiger partial charge in [-0.2, -0.15) is 0 Å². The Kier molecular flexibility index (Phi) is 5.89. The van der Waals surface area contributed by atoms with Crippen LogP contribution in [0.1, 0.15) is 20.3 Å². The third-order valence-corrected chi connectivity index (χ3v) is 2.96. The highest BCUT2D eigenvalue weighted by Crippen LogP contribution is 2.20. The van der Waals surface area contributed by atoms with Crippen LogP contribution in [0.3, 0.4) is 0 Å². The van der Waals surface area contributed by atoms with Gasteiger partial charge in [0.15, 0.2) is 0 Å². The third-order valence-electron chi connectivity index (χ3n) is 2.85. The Labute approximate surface area is 124 Å². The molecule has 0 amide bonds. The Balaban J connectivity index is 3.27. The van der Waals surface area contributed by atoms with Crippen molar-refractivity contribution >= 4 is 23.3 Å². The van der Waals surface area contributed by atoms with Gasteiger partial charge in [0, 0.05) is 24.7 Å². The Bertz CT molecular complexity index is 539. The number of hydrogen-bond acceptors (Lipinski definition) is 2. The van der Waals surface area contributed by atoms with Gasteiger partial charge in [0.25, 0.3) is 0 Å². The summed E-state index contributed by atoms with van der Waals surface area (Å²) >= 11 is 5.72. The number of nitrogens with zero attached hydrogens (tertiary/aromatic N) is 2. The van der Waals surface area contributed by atoms with Crippen LogP contribution in [0.2, 0.25) is 0 Å². The second-order valence-electron chi connectivity index (χ2n) is 4.72. The summed E-state index contributed by atoms with van der Waals surface area (Å²) in [5.74, 6) is 0.750. The lowest BCUT2D eigenvalue weighted by Gasteiger charge is -2.12. The van der Waals surface area contributed by atoms with Crippen molar-refractivity contribution in [2.24, 2.45) is 15.9 Å². The van der Waals surface area contributed by atoms with Crippen LogP contribution in [-0.2, 0) is 0 Å². The molecule has 0 aromatic carbocycles. The minimum atomic E-state index is -0.630. The topological polar surface area (TPSA) is 36.8 Å². The lowest BCUT2D eigenvalue weighted by molar-refractivity contribution is 0.663. The van der Waals surface area contributed by atoms with Gasteiger partial charge >= 0.3 is 0 Å². The molecule has 0 unspecified atom stereocenters. The number of hydrogen-bond donors (Lipinski definition) is 1. The Morgan fingerprint density at radius 3 is 2.65 bits per heavy atom. The van der Waals surface area contributed by atoms with Crippen molar-refractivity contribution in [1.82, 2.24) is 5.32 Å². The molecule has 1 heterocycles. The van der Waals surface area contributed by atoms with Crippen LogP contribution in [0.25, 0.3) is 0 Å². The number of rotatable bonds is 4. The van der Waals surface area contributed by atoms with Gasteiger partial charge in [0.1, 0.15) is 17.5 Å². The van der Waals surface area contributed by atoms with E-state index in [1.807, 2.05) is 0 Å². The Morgan fingerprint density at radius 1 is 1.55 bits per heavy atom. The van der Waals surface area contributed by atoms with E-state index in [0.717, 1.165) is 5.57 Å². The van der Waals surface area contributed by atoms with Crippen LogP contribution in [0.15, 0.2) is 57.4 Å². The van der Waals surface area contributed by atoms with E-state index in [4.69, 9.17) is 11.6 Å². The van der Waals surface area contributed by atoms with Crippen molar-refractivity contribution in [2.75, 3.05) is 7.05 Å². The fourth-order valence-corrected chi connectivity index (χ4v) is 1.77. The average Bonchev–Trinajstić information content (AvgIpc) is 2.57. The number of nitrogens with one attached hydrogen (secondary N) is 1. The molecule has 108 valence electrons. The van der Waals surface area contributed by atoms with Crippen LogP contribution in [0.5, 0.6) is 0 Å². The van der Waals surface area contributed by atoms with Crippen molar-refractivity contribution in [2.45, 2.75) is 20.3 Å². The second-order valence-corrected chi connectivity index (χ2v) is 5.20. The lowest BCUT2D eigenvalue weighted by atomic mass is 10.0. The molecule has 0 aromatic heterocycles. The monoisotopic (exact) mass is 295 g/mol. The molecule has 1 N–H and O–H groups in total. The quantitative estimate of drug-likeness (QED) is 0.779. The number of aliphatic imine (C=N–C) groups is 2. The van der Waals surface area contributed by atoms with Gasteiger partial charge in [0.2, 0.25) is 0 Å². The zero-order valence-corrected chi connectivity index (χ0v) is 12.8. The van der Waals surface area contributed by atoms with E-state index >= 15 is 0 Å². The molecular formula is C15H19ClFN3. The molecule has 0 bridgehead atoms. The van der Waals surface area contributed by atoms with Crippen LogP contribution < -0.4 is 5.32 Å². The first-order chi connectivity index (χ1) is 9.35. The summed E-state index contributed by atoms with van der Waals surface area (Å²) in [7, 11) is 1.68. The molecule has 0 fully saturated rings. The number of halogens is 2. The zero-order valence-electron chi connectivity index (χ0n) is 12.0. The molecule has 3 nitrogen and oxygen atoms in total. The summed E-state index contributed by atoms with van der Waals surface area (Å²) in [5.41, 5.74) is 1.29.